The van der Waals surface area contributed by atoms with Gasteiger partial charge in [0.15, 0.2) is 0 Å². The Labute approximate surface area is 110 Å². The van der Waals surface area contributed by atoms with Gasteiger partial charge in [-0.25, -0.2) is 4.79 Å². The highest BCUT2D eigenvalue weighted by Gasteiger charge is 2.03. The molecule has 1 aromatic heterocycles. The van der Waals surface area contributed by atoms with Crippen molar-refractivity contribution in [3.63, 3.8) is 0 Å². The van der Waals surface area contributed by atoms with E-state index in [1.165, 1.54) is 0 Å². The topological polar surface area (TPSA) is 69.8 Å². The summed E-state index contributed by atoms with van der Waals surface area (Å²) in [6.45, 7) is 2.30. The summed E-state index contributed by atoms with van der Waals surface area (Å²) in [7, 11) is 0. The van der Waals surface area contributed by atoms with Crippen LogP contribution in [0.5, 0.6) is 0 Å². The van der Waals surface area contributed by atoms with Crippen molar-refractivity contribution in [2.75, 3.05) is 5.32 Å². The summed E-state index contributed by atoms with van der Waals surface area (Å²) in [4.78, 5) is 11.6. The van der Waals surface area contributed by atoms with E-state index in [1.807, 2.05) is 13.0 Å². The average molecular weight is 265 g/mol. The number of anilines is 1. The van der Waals surface area contributed by atoms with Crippen molar-refractivity contribution < 1.29 is 4.79 Å². The summed E-state index contributed by atoms with van der Waals surface area (Å²) in [6.07, 6.45) is 1.63. The van der Waals surface area contributed by atoms with E-state index < -0.39 is 0 Å². The Hall–Kier alpha value is -2.01. The standard InChI is InChI=1S/C12H13ClN4O/c1-8-2-3-9(6-11(8)13)16-12(18)14-7-10-4-5-15-17-10/h2-6H,7H2,1H3,(H,15,17)(H2,14,16,18). The number of hydrogen-bond donors (Lipinski definition) is 3. The van der Waals surface area contributed by atoms with Crippen molar-refractivity contribution in [3.8, 4) is 0 Å². The van der Waals surface area contributed by atoms with Crippen LogP contribution in [-0.4, -0.2) is 16.2 Å². The highest BCUT2D eigenvalue weighted by atomic mass is 35.5. The Kier molecular flexibility index (Phi) is 3.84. The van der Waals surface area contributed by atoms with Gasteiger partial charge in [0.2, 0.25) is 0 Å². The summed E-state index contributed by atoms with van der Waals surface area (Å²) in [6, 6.07) is 6.88. The lowest BCUT2D eigenvalue weighted by Gasteiger charge is -2.07. The largest absolute Gasteiger partial charge is 0.332 e. The first-order chi connectivity index (χ1) is 8.65. The van der Waals surface area contributed by atoms with Crippen LogP contribution in [0.15, 0.2) is 30.5 Å². The molecule has 2 amide bonds. The number of rotatable bonds is 3. The molecule has 0 unspecified atom stereocenters. The van der Waals surface area contributed by atoms with E-state index in [2.05, 4.69) is 20.8 Å². The van der Waals surface area contributed by atoms with Crippen molar-refractivity contribution in [2.24, 2.45) is 0 Å². The molecule has 18 heavy (non-hydrogen) atoms. The smallest absolute Gasteiger partial charge is 0.319 e. The lowest BCUT2D eigenvalue weighted by Crippen LogP contribution is -2.28. The average Bonchev–Trinajstić information content (AvgIpc) is 2.84. The molecule has 0 bridgehead atoms. The third-order valence-corrected chi connectivity index (χ3v) is 2.83. The van der Waals surface area contributed by atoms with Crippen LogP contribution in [0.25, 0.3) is 0 Å². The number of benzene rings is 1. The van der Waals surface area contributed by atoms with Crippen LogP contribution in [-0.2, 0) is 6.54 Å². The Morgan fingerprint density at radius 2 is 2.28 bits per heavy atom. The van der Waals surface area contributed by atoms with Crippen LogP contribution in [0.3, 0.4) is 0 Å². The molecule has 0 spiro atoms. The molecular weight excluding hydrogens is 252 g/mol. The van der Waals surface area contributed by atoms with E-state index in [4.69, 9.17) is 11.6 Å². The number of hydrogen-bond acceptors (Lipinski definition) is 2. The highest BCUT2D eigenvalue weighted by Crippen LogP contribution is 2.19. The maximum atomic E-state index is 11.6. The first-order valence-electron chi connectivity index (χ1n) is 5.44. The SMILES string of the molecule is Cc1ccc(NC(=O)NCc2ccn[nH]2)cc1Cl. The number of aryl methyl sites for hydroxylation is 1. The minimum absolute atomic E-state index is 0.287. The summed E-state index contributed by atoms with van der Waals surface area (Å²) in [5, 5.41) is 12.6. The lowest BCUT2D eigenvalue weighted by atomic mass is 10.2. The zero-order valence-corrected chi connectivity index (χ0v) is 10.6. The maximum Gasteiger partial charge on any atom is 0.319 e. The predicted octanol–water partition coefficient (Wildman–Crippen LogP) is 2.69. The molecule has 5 nitrogen and oxygen atoms in total. The molecule has 0 saturated heterocycles. The molecule has 0 fully saturated rings. The monoisotopic (exact) mass is 264 g/mol. The van der Waals surface area contributed by atoms with Crippen molar-refractivity contribution in [3.05, 3.63) is 46.7 Å². The van der Waals surface area contributed by atoms with E-state index in [0.29, 0.717) is 17.3 Å². The number of aromatic nitrogens is 2. The fraction of sp³-hybridized carbons (Fsp3) is 0.167. The quantitative estimate of drug-likeness (QED) is 0.798. The van der Waals surface area contributed by atoms with Crippen molar-refractivity contribution in [1.82, 2.24) is 15.5 Å². The maximum absolute atomic E-state index is 11.6. The highest BCUT2D eigenvalue weighted by molar-refractivity contribution is 6.31. The van der Waals surface area contributed by atoms with Crippen molar-refractivity contribution >= 4 is 23.3 Å². The molecule has 6 heteroatoms. The number of H-pyrrole nitrogens is 1. The van der Waals surface area contributed by atoms with Crippen LogP contribution in [0.1, 0.15) is 11.3 Å². The predicted molar refractivity (Wildman–Crippen MR) is 70.6 cm³/mol. The third kappa shape index (κ3) is 3.24. The molecule has 0 atom stereocenters. The first kappa shape index (κ1) is 12.4. The van der Waals surface area contributed by atoms with Crippen LogP contribution in [0.4, 0.5) is 10.5 Å². The summed E-state index contributed by atoms with van der Waals surface area (Å²) < 4.78 is 0. The summed E-state index contributed by atoms with van der Waals surface area (Å²) in [5.41, 5.74) is 2.47. The van der Waals surface area contributed by atoms with Gasteiger partial charge in [-0.05, 0) is 30.7 Å². The van der Waals surface area contributed by atoms with E-state index in [9.17, 15) is 4.79 Å². The van der Waals surface area contributed by atoms with Gasteiger partial charge in [0.1, 0.15) is 0 Å². The summed E-state index contributed by atoms with van der Waals surface area (Å²) >= 11 is 5.97. The zero-order valence-electron chi connectivity index (χ0n) is 9.83. The molecular formula is C12H13ClN4O. The van der Waals surface area contributed by atoms with E-state index >= 15 is 0 Å². The number of halogens is 1. The summed E-state index contributed by atoms with van der Waals surface area (Å²) in [5.74, 6) is 0. The number of urea groups is 1. The molecule has 1 heterocycles. The van der Waals surface area contributed by atoms with E-state index in [-0.39, 0.29) is 6.03 Å². The number of nitrogens with one attached hydrogen (secondary N) is 3. The van der Waals surface area contributed by atoms with Crippen LogP contribution < -0.4 is 10.6 Å². The Morgan fingerprint density at radius 1 is 1.44 bits per heavy atom. The second-order valence-electron chi connectivity index (χ2n) is 3.85. The fourth-order valence-electron chi connectivity index (χ4n) is 1.40. The fourth-order valence-corrected chi connectivity index (χ4v) is 1.59. The molecule has 0 saturated carbocycles. The van der Waals surface area contributed by atoms with Gasteiger partial charge in [-0.2, -0.15) is 5.10 Å². The number of aromatic amines is 1. The van der Waals surface area contributed by atoms with Gasteiger partial charge in [-0.15, -0.1) is 0 Å². The zero-order chi connectivity index (χ0) is 13.0. The van der Waals surface area contributed by atoms with Gasteiger partial charge in [0, 0.05) is 16.9 Å². The molecule has 3 N–H and O–H groups in total. The molecule has 2 aromatic rings. The van der Waals surface area contributed by atoms with E-state index in [0.717, 1.165) is 11.3 Å². The number of nitrogens with zero attached hydrogens (tertiary/aromatic N) is 1. The minimum Gasteiger partial charge on any atom is -0.332 e. The third-order valence-electron chi connectivity index (χ3n) is 2.43. The molecule has 0 aliphatic rings. The molecule has 1 aromatic carbocycles. The van der Waals surface area contributed by atoms with E-state index in [1.54, 1.807) is 24.4 Å². The second-order valence-corrected chi connectivity index (χ2v) is 4.26. The number of carbonyl (C=O) groups is 1. The Morgan fingerprint density at radius 3 is 2.94 bits per heavy atom. The van der Waals surface area contributed by atoms with Crippen LogP contribution >= 0.6 is 11.6 Å². The first-order valence-corrected chi connectivity index (χ1v) is 5.82. The van der Waals surface area contributed by atoms with Crippen LogP contribution in [0, 0.1) is 6.92 Å². The van der Waals surface area contributed by atoms with Gasteiger partial charge in [0.05, 0.1) is 12.2 Å². The second kappa shape index (κ2) is 5.55. The normalized spacial score (nSPS) is 10.1. The molecule has 2 rings (SSSR count). The van der Waals surface area contributed by atoms with Crippen molar-refractivity contribution in [2.45, 2.75) is 13.5 Å². The Bertz CT molecular complexity index is 539. The van der Waals surface area contributed by atoms with Gasteiger partial charge in [0.25, 0.3) is 0 Å². The molecule has 94 valence electrons. The molecule has 0 radical (unpaired) electrons. The molecule has 0 aliphatic heterocycles. The Balaban J connectivity index is 1.88. The van der Waals surface area contributed by atoms with Gasteiger partial charge >= 0.3 is 6.03 Å². The number of carbonyl (C=O) groups excluding carboxylic acids is 1. The number of amides is 2. The lowest BCUT2D eigenvalue weighted by molar-refractivity contribution is 0.251. The molecule has 0 aliphatic carbocycles. The van der Waals surface area contributed by atoms with Gasteiger partial charge in [-0.3, -0.25) is 5.10 Å². The van der Waals surface area contributed by atoms with Crippen molar-refractivity contribution in [1.29, 1.82) is 0 Å². The van der Waals surface area contributed by atoms with Crippen LogP contribution in [0.2, 0.25) is 5.02 Å². The minimum atomic E-state index is -0.287. The van der Waals surface area contributed by atoms with Gasteiger partial charge in [-0.1, -0.05) is 17.7 Å². The van der Waals surface area contributed by atoms with Gasteiger partial charge < -0.3 is 10.6 Å².